The average molecular weight is 277 g/mol. The zero-order valence-electron chi connectivity index (χ0n) is 11.6. The molecule has 1 amide bonds. The number of hydrogen-bond acceptors (Lipinski definition) is 2. The van der Waals surface area contributed by atoms with Crippen LogP contribution in [-0.2, 0) is 11.2 Å². The van der Waals surface area contributed by atoms with Crippen molar-refractivity contribution >= 4 is 18.5 Å². The maximum absolute atomic E-state index is 12.0. The van der Waals surface area contributed by atoms with E-state index in [1.807, 2.05) is 24.3 Å². The number of carbonyl (C=O) groups excluding carboxylic acids is 1. The molecule has 2 nitrogen and oxygen atoms in total. The Morgan fingerprint density at radius 3 is 2.42 bits per heavy atom. The summed E-state index contributed by atoms with van der Waals surface area (Å²) >= 11 is 4.25. The van der Waals surface area contributed by atoms with E-state index >= 15 is 0 Å². The molecule has 1 aromatic rings. The van der Waals surface area contributed by atoms with Gasteiger partial charge in [-0.3, -0.25) is 4.79 Å². The van der Waals surface area contributed by atoms with Crippen molar-refractivity contribution in [3.05, 3.63) is 29.8 Å². The van der Waals surface area contributed by atoms with E-state index in [4.69, 9.17) is 0 Å². The van der Waals surface area contributed by atoms with Gasteiger partial charge >= 0.3 is 0 Å². The zero-order chi connectivity index (χ0) is 13.7. The first-order chi connectivity index (χ1) is 9.17. The van der Waals surface area contributed by atoms with E-state index in [1.54, 1.807) is 0 Å². The fraction of sp³-hybridized carbons (Fsp3) is 0.562. The molecule has 1 fully saturated rings. The van der Waals surface area contributed by atoms with Crippen molar-refractivity contribution in [1.82, 2.24) is 5.32 Å². The third-order valence-electron chi connectivity index (χ3n) is 4.09. The molecule has 3 heteroatoms. The van der Waals surface area contributed by atoms with E-state index in [0.717, 1.165) is 29.2 Å². The number of amides is 1. The molecule has 0 aliphatic heterocycles. The van der Waals surface area contributed by atoms with Crippen molar-refractivity contribution in [2.75, 3.05) is 0 Å². The Morgan fingerprint density at radius 2 is 1.84 bits per heavy atom. The predicted molar refractivity (Wildman–Crippen MR) is 81.6 cm³/mol. The monoisotopic (exact) mass is 277 g/mol. The molecule has 0 bridgehead atoms. The minimum atomic E-state index is 0.145. The fourth-order valence-electron chi connectivity index (χ4n) is 2.79. The van der Waals surface area contributed by atoms with Crippen LogP contribution in [0.25, 0.3) is 0 Å². The van der Waals surface area contributed by atoms with Crippen molar-refractivity contribution in [3.63, 3.8) is 0 Å². The van der Waals surface area contributed by atoms with Gasteiger partial charge in [0.15, 0.2) is 0 Å². The molecule has 0 unspecified atom stereocenters. The summed E-state index contributed by atoms with van der Waals surface area (Å²) < 4.78 is 0. The standard InChI is InChI=1S/C16H23NOS/c1-2-12-3-7-14(8-4-12)17-16(18)11-13-5-9-15(19)10-6-13/h5-6,9-10,12,14,19H,2-4,7-8,11H2,1H3,(H,17,18). The lowest BCUT2D eigenvalue weighted by atomic mass is 9.84. The van der Waals surface area contributed by atoms with Crippen molar-refractivity contribution in [1.29, 1.82) is 0 Å². The maximum atomic E-state index is 12.0. The van der Waals surface area contributed by atoms with Crippen LogP contribution in [-0.4, -0.2) is 11.9 Å². The second kappa shape index (κ2) is 6.99. The molecule has 1 saturated carbocycles. The van der Waals surface area contributed by atoms with Crippen LogP contribution in [0.2, 0.25) is 0 Å². The summed E-state index contributed by atoms with van der Waals surface area (Å²) in [5.41, 5.74) is 1.05. The Hall–Kier alpha value is -0.960. The van der Waals surface area contributed by atoms with Gasteiger partial charge in [0, 0.05) is 10.9 Å². The molecule has 104 valence electrons. The molecule has 0 atom stereocenters. The lowest BCUT2D eigenvalue weighted by Crippen LogP contribution is -2.38. The second-order valence-corrected chi connectivity index (χ2v) is 6.05. The molecule has 0 radical (unpaired) electrons. The van der Waals surface area contributed by atoms with Crippen LogP contribution in [0.3, 0.4) is 0 Å². The normalized spacial score (nSPS) is 23.1. The van der Waals surface area contributed by atoms with Crippen molar-refractivity contribution in [2.24, 2.45) is 5.92 Å². The summed E-state index contributed by atoms with van der Waals surface area (Å²) in [6.45, 7) is 2.26. The zero-order valence-corrected chi connectivity index (χ0v) is 12.5. The van der Waals surface area contributed by atoms with Crippen LogP contribution < -0.4 is 5.32 Å². The molecule has 0 spiro atoms. The smallest absolute Gasteiger partial charge is 0.224 e. The number of hydrogen-bond donors (Lipinski definition) is 2. The highest BCUT2D eigenvalue weighted by molar-refractivity contribution is 7.80. The minimum Gasteiger partial charge on any atom is -0.353 e. The summed E-state index contributed by atoms with van der Waals surface area (Å²) in [5.74, 6) is 1.02. The molecule has 1 N–H and O–H groups in total. The topological polar surface area (TPSA) is 29.1 Å². The van der Waals surface area contributed by atoms with Gasteiger partial charge in [-0.2, -0.15) is 0 Å². The Bertz CT molecular complexity index is 407. The number of carbonyl (C=O) groups is 1. The highest BCUT2D eigenvalue weighted by atomic mass is 32.1. The maximum Gasteiger partial charge on any atom is 0.224 e. The van der Waals surface area contributed by atoms with E-state index in [2.05, 4.69) is 24.9 Å². The Kier molecular flexibility index (Phi) is 5.32. The van der Waals surface area contributed by atoms with Crippen molar-refractivity contribution < 1.29 is 4.79 Å². The number of nitrogens with one attached hydrogen (secondary N) is 1. The second-order valence-electron chi connectivity index (χ2n) is 5.54. The van der Waals surface area contributed by atoms with Crippen LogP contribution in [0, 0.1) is 5.92 Å². The summed E-state index contributed by atoms with van der Waals surface area (Å²) in [6, 6.07) is 8.18. The van der Waals surface area contributed by atoms with Crippen LogP contribution >= 0.6 is 12.6 Å². The Labute approximate surface area is 121 Å². The van der Waals surface area contributed by atoms with Gasteiger partial charge in [-0.05, 0) is 49.3 Å². The summed E-state index contributed by atoms with van der Waals surface area (Å²) in [7, 11) is 0. The highest BCUT2D eigenvalue weighted by Crippen LogP contribution is 2.26. The Morgan fingerprint density at radius 1 is 1.21 bits per heavy atom. The van der Waals surface area contributed by atoms with E-state index in [9.17, 15) is 4.79 Å². The van der Waals surface area contributed by atoms with Gasteiger partial charge in [-0.15, -0.1) is 12.6 Å². The van der Waals surface area contributed by atoms with E-state index in [-0.39, 0.29) is 5.91 Å². The van der Waals surface area contributed by atoms with Crippen molar-refractivity contribution in [2.45, 2.75) is 56.4 Å². The molecular formula is C16H23NOS. The largest absolute Gasteiger partial charge is 0.353 e. The van der Waals surface area contributed by atoms with Gasteiger partial charge in [0.25, 0.3) is 0 Å². The van der Waals surface area contributed by atoms with Gasteiger partial charge in [0.1, 0.15) is 0 Å². The summed E-state index contributed by atoms with van der Waals surface area (Å²) in [6.07, 6.45) is 6.55. The lowest BCUT2D eigenvalue weighted by Gasteiger charge is -2.28. The minimum absolute atomic E-state index is 0.145. The number of rotatable bonds is 4. The fourth-order valence-corrected chi connectivity index (χ4v) is 2.94. The van der Waals surface area contributed by atoms with Crippen LogP contribution in [0.4, 0.5) is 0 Å². The quantitative estimate of drug-likeness (QED) is 0.809. The molecule has 2 rings (SSSR count). The molecule has 1 aliphatic carbocycles. The van der Waals surface area contributed by atoms with Crippen molar-refractivity contribution in [3.8, 4) is 0 Å². The average Bonchev–Trinajstić information content (AvgIpc) is 2.42. The van der Waals surface area contributed by atoms with Crippen LogP contribution in [0.5, 0.6) is 0 Å². The van der Waals surface area contributed by atoms with Gasteiger partial charge in [-0.25, -0.2) is 0 Å². The van der Waals surface area contributed by atoms with Gasteiger partial charge in [0.2, 0.25) is 5.91 Å². The first kappa shape index (κ1) is 14.4. The van der Waals surface area contributed by atoms with Crippen LogP contribution in [0.1, 0.15) is 44.6 Å². The first-order valence-corrected chi connectivity index (χ1v) is 7.69. The molecule has 1 aliphatic rings. The highest BCUT2D eigenvalue weighted by Gasteiger charge is 2.21. The van der Waals surface area contributed by atoms with Gasteiger partial charge in [-0.1, -0.05) is 25.5 Å². The molecule has 1 aromatic carbocycles. The number of benzene rings is 1. The molecule has 19 heavy (non-hydrogen) atoms. The summed E-state index contributed by atoms with van der Waals surface area (Å²) in [4.78, 5) is 12.9. The van der Waals surface area contributed by atoms with Gasteiger partial charge in [0.05, 0.1) is 6.42 Å². The molecule has 0 heterocycles. The van der Waals surface area contributed by atoms with Crippen LogP contribution in [0.15, 0.2) is 29.2 Å². The third-order valence-corrected chi connectivity index (χ3v) is 4.39. The SMILES string of the molecule is CCC1CCC(NC(=O)Cc2ccc(S)cc2)CC1. The van der Waals surface area contributed by atoms with E-state index in [1.165, 1.54) is 19.3 Å². The Balaban J connectivity index is 1.77. The molecular weight excluding hydrogens is 254 g/mol. The number of thiol groups is 1. The summed E-state index contributed by atoms with van der Waals surface area (Å²) in [5, 5.41) is 3.17. The molecule has 0 aromatic heterocycles. The predicted octanol–water partition coefficient (Wildman–Crippen LogP) is 3.60. The third kappa shape index (κ3) is 4.57. The van der Waals surface area contributed by atoms with Gasteiger partial charge < -0.3 is 5.32 Å². The molecule has 0 saturated heterocycles. The lowest BCUT2D eigenvalue weighted by molar-refractivity contribution is -0.121. The first-order valence-electron chi connectivity index (χ1n) is 7.24. The van der Waals surface area contributed by atoms with E-state index < -0.39 is 0 Å². The van der Waals surface area contributed by atoms with E-state index in [0.29, 0.717) is 12.5 Å².